The molecule has 1 aliphatic heterocycles. The van der Waals surface area contributed by atoms with Crippen molar-refractivity contribution in [1.82, 2.24) is 9.97 Å². The molecule has 0 spiro atoms. The Morgan fingerprint density at radius 3 is 2.79 bits per heavy atom. The maximum absolute atomic E-state index is 14.2. The van der Waals surface area contributed by atoms with Crippen molar-refractivity contribution in [2.75, 3.05) is 16.0 Å². The Bertz CT molecular complexity index is 1130. The first-order valence-corrected chi connectivity index (χ1v) is 8.83. The van der Waals surface area contributed by atoms with Gasteiger partial charge in [-0.1, -0.05) is 18.7 Å². The van der Waals surface area contributed by atoms with E-state index >= 15 is 0 Å². The van der Waals surface area contributed by atoms with Crippen LogP contribution in [0.1, 0.15) is 11.1 Å². The van der Waals surface area contributed by atoms with E-state index in [4.69, 9.17) is 0 Å². The van der Waals surface area contributed by atoms with E-state index in [0.29, 0.717) is 17.9 Å². The van der Waals surface area contributed by atoms with Crippen molar-refractivity contribution < 1.29 is 9.18 Å². The molecule has 0 fully saturated rings. The minimum atomic E-state index is -0.600. The summed E-state index contributed by atoms with van der Waals surface area (Å²) in [5.74, 6) is -0.671. The van der Waals surface area contributed by atoms with E-state index in [1.54, 1.807) is 24.3 Å². The smallest absolute Gasteiger partial charge is 0.247 e. The van der Waals surface area contributed by atoms with Crippen molar-refractivity contribution in [3.05, 3.63) is 78.3 Å². The molecule has 0 unspecified atom stereocenters. The SMILES string of the molecule is C=CC(=O)Nc1cccc(Nc2nc(Nc3ccc4c(c3)C=NC4)ncc2F)c1. The second kappa shape index (κ2) is 7.89. The Hall–Kier alpha value is -4.07. The Balaban J connectivity index is 1.53. The first-order chi connectivity index (χ1) is 14.1. The minimum absolute atomic E-state index is 0.0115. The van der Waals surface area contributed by atoms with Gasteiger partial charge < -0.3 is 16.0 Å². The first kappa shape index (κ1) is 18.3. The maximum atomic E-state index is 14.2. The monoisotopic (exact) mass is 388 g/mol. The maximum Gasteiger partial charge on any atom is 0.247 e. The third-order valence-electron chi connectivity index (χ3n) is 4.22. The van der Waals surface area contributed by atoms with Crippen LogP contribution in [0.15, 0.2) is 66.3 Å². The molecule has 0 bridgehead atoms. The van der Waals surface area contributed by atoms with Crippen LogP contribution in [-0.2, 0) is 11.3 Å². The van der Waals surface area contributed by atoms with Gasteiger partial charge in [-0.05, 0) is 47.5 Å². The minimum Gasteiger partial charge on any atom is -0.338 e. The van der Waals surface area contributed by atoms with Gasteiger partial charge in [-0.2, -0.15) is 4.98 Å². The van der Waals surface area contributed by atoms with Crippen LogP contribution < -0.4 is 16.0 Å². The number of nitrogens with one attached hydrogen (secondary N) is 3. The van der Waals surface area contributed by atoms with Crippen molar-refractivity contribution >= 4 is 41.0 Å². The second-order valence-corrected chi connectivity index (χ2v) is 6.30. The summed E-state index contributed by atoms with van der Waals surface area (Å²) in [4.78, 5) is 23.9. The van der Waals surface area contributed by atoms with Crippen LogP contribution in [0.25, 0.3) is 0 Å². The summed E-state index contributed by atoms with van der Waals surface area (Å²) in [6, 6.07) is 12.7. The van der Waals surface area contributed by atoms with Gasteiger partial charge in [-0.15, -0.1) is 0 Å². The molecule has 29 heavy (non-hydrogen) atoms. The number of amides is 1. The van der Waals surface area contributed by atoms with Crippen molar-refractivity contribution in [2.45, 2.75) is 6.54 Å². The highest BCUT2D eigenvalue weighted by Crippen LogP contribution is 2.24. The fraction of sp³-hybridized carbons (Fsp3) is 0.0476. The molecule has 2 aromatic carbocycles. The Morgan fingerprint density at radius 2 is 1.93 bits per heavy atom. The average molecular weight is 388 g/mol. The number of benzene rings is 2. The van der Waals surface area contributed by atoms with Gasteiger partial charge in [0.25, 0.3) is 0 Å². The van der Waals surface area contributed by atoms with E-state index in [1.165, 1.54) is 6.08 Å². The molecule has 4 rings (SSSR count). The summed E-state index contributed by atoms with van der Waals surface area (Å²) < 4.78 is 14.2. The van der Waals surface area contributed by atoms with E-state index in [0.717, 1.165) is 23.0 Å². The highest BCUT2D eigenvalue weighted by molar-refractivity contribution is 5.99. The molecular weight excluding hydrogens is 371 g/mol. The summed E-state index contributed by atoms with van der Waals surface area (Å²) in [7, 11) is 0. The van der Waals surface area contributed by atoms with Gasteiger partial charge in [-0.3, -0.25) is 9.79 Å². The van der Waals surface area contributed by atoms with Gasteiger partial charge in [0, 0.05) is 23.3 Å². The van der Waals surface area contributed by atoms with Crippen molar-refractivity contribution in [2.24, 2.45) is 4.99 Å². The highest BCUT2D eigenvalue weighted by Gasteiger charge is 2.11. The molecule has 0 aliphatic carbocycles. The van der Waals surface area contributed by atoms with Crippen LogP contribution in [0, 0.1) is 5.82 Å². The number of fused-ring (bicyclic) bond motifs is 1. The fourth-order valence-corrected chi connectivity index (χ4v) is 2.83. The Kier molecular flexibility index (Phi) is 4.98. The number of carbonyl (C=O) groups is 1. The number of halogens is 1. The number of carbonyl (C=O) groups excluding carboxylic acids is 1. The Morgan fingerprint density at radius 1 is 1.10 bits per heavy atom. The number of hydrogen-bond donors (Lipinski definition) is 3. The third kappa shape index (κ3) is 4.27. The summed E-state index contributed by atoms with van der Waals surface area (Å²) in [6.45, 7) is 4.10. The number of rotatable bonds is 6. The zero-order valence-electron chi connectivity index (χ0n) is 15.3. The lowest BCUT2D eigenvalue weighted by atomic mass is 10.1. The normalized spacial score (nSPS) is 11.6. The lowest BCUT2D eigenvalue weighted by Gasteiger charge is -2.11. The van der Waals surface area contributed by atoms with Gasteiger partial charge in [0.05, 0.1) is 12.7 Å². The molecule has 1 aliphatic rings. The molecule has 0 saturated heterocycles. The molecule has 144 valence electrons. The molecule has 3 N–H and O–H groups in total. The number of hydrogen-bond acceptors (Lipinski definition) is 6. The summed E-state index contributed by atoms with van der Waals surface area (Å²) in [5.41, 5.74) is 4.08. The third-order valence-corrected chi connectivity index (χ3v) is 4.22. The van der Waals surface area contributed by atoms with Crippen LogP contribution in [0.2, 0.25) is 0 Å². The van der Waals surface area contributed by atoms with Crippen molar-refractivity contribution in [3.63, 3.8) is 0 Å². The lowest BCUT2D eigenvalue weighted by molar-refractivity contribution is -0.111. The molecule has 3 aromatic rings. The molecule has 1 aromatic heterocycles. The van der Waals surface area contributed by atoms with E-state index in [1.807, 2.05) is 24.4 Å². The van der Waals surface area contributed by atoms with Crippen LogP contribution in [0.4, 0.5) is 33.2 Å². The van der Waals surface area contributed by atoms with Crippen LogP contribution in [-0.4, -0.2) is 22.1 Å². The molecule has 0 radical (unpaired) electrons. The molecule has 0 atom stereocenters. The standard InChI is InChI=1S/C21H17FN6O/c1-2-19(29)25-15-4-3-5-16(9-15)26-20-18(22)12-24-21(28-20)27-17-7-6-13-10-23-11-14(13)8-17/h2-9,11-12H,1,10H2,(H,25,29)(H2,24,26,27,28). The number of aliphatic imine (C=N–C) groups is 1. The van der Waals surface area contributed by atoms with Gasteiger partial charge in [-0.25, -0.2) is 9.37 Å². The number of anilines is 5. The largest absolute Gasteiger partial charge is 0.338 e. The molecule has 7 nitrogen and oxygen atoms in total. The lowest BCUT2D eigenvalue weighted by Crippen LogP contribution is -2.07. The van der Waals surface area contributed by atoms with Gasteiger partial charge in [0.15, 0.2) is 11.6 Å². The van der Waals surface area contributed by atoms with Crippen LogP contribution in [0.3, 0.4) is 0 Å². The highest BCUT2D eigenvalue weighted by atomic mass is 19.1. The van der Waals surface area contributed by atoms with Gasteiger partial charge in [0.1, 0.15) is 0 Å². The summed E-state index contributed by atoms with van der Waals surface area (Å²) in [5, 5.41) is 8.63. The quantitative estimate of drug-likeness (QED) is 0.552. The van der Waals surface area contributed by atoms with E-state index < -0.39 is 5.82 Å². The topological polar surface area (TPSA) is 91.3 Å². The van der Waals surface area contributed by atoms with Crippen molar-refractivity contribution in [1.29, 1.82) is 0 Å². The molecule has 0 saturated carbocycles. The van der Waals surface area contributed by atoms with E-state index in [2.05, 4.69) is 37.5 Å². The van der Waals surface area contributed by atoms with Gasteiger partial charge in [0.2, 0.25) is 11.9 Å². The zero-order chi connectivity index (χ0) is 20.2. The predicted octanol–water partition coefficient (Wildman–Crippen LogP) is 4.16. The molecule has 8 heteroatoms. The predicted molar refractivity (Wildman–Crippen MR) is 112 cm³/mol. The van der Waals surface area contributed by atoms with Crippen molar-refractivity contribution in [3.8, 4) is 0 Å². The molecule has 1 amide bonds. The Labute approximate surface area is 166 Å². The first-order valence-electron chi connectivity index (χ1n) is 8.83. The van der Waals surface area contributed by atoms with Crippen LogP contribution >= 0.6 is 0 Å². The molecule has 2 heterocycles. The number of nitrogens with zero attached hydrogens (tertiary/aromatic N) is 3. The van der Waals surface area contributed by atoms with Gasteiger partial charge >= 0.3 is 0 Å². The van der Waals surface area contributed by atoms with Crippen LogP contribution in [0.5, 0.6) is 0 Å². The average Bonchev–Trinajstić information content (AvgIpc) is 3.18. The molecular formula is C21H17FN6O. The zero-order valence-corrected chi connectivity index (χ0v) is 15.3. The van der Waals surface area contributed by atoms with E-state index in [-0.39, 0.29) is 17.7 Å². The number of aromatic nitrogens is 2. The summed E-state index contributed by atoms with van der Waals surface area (Å²) >= 11 is 0. The summed E-state index contributed by atoms with van der Waals surface area (Å²) in [6.07, 6.45) is 4.08. The second-order valence-electron chi connectivity index (χ2n) is 6.30. The fourth-order valence-electron chi connectivity index (χ4n) is 2.83. The van der Waals surface area contributed by atoms with E-state index in [9.17, 15) is 9.18 Å².